The Morgan fingerprint density at radius 2 is 1.81 bits per heavy atom. The molecule has 0 aliphatic carbocycles. The van der Waals surface area contributed by atoms with Crippen molar-refractivity contribution >= 4 is 11.7 Å². The summed E-state index contributed by atoms with van der Waals surface area (Å²) >= 11 is 0. The Morgan fingerprint density at radius 1 is 1.12 bits per heavy atom. The normalized spacial score (nSPS) is 13.8. The molecule has 1 saturated heterocycles. The van der Waals surface area contributed by atoms with Crippen LogP contribution in [-0.4, -0.2) is 44.2 Å². The van der Waals surface area contributed by atoms with E-state index in [-0.39, 0.29) is 6.03 Å². The number of ether oxygens (including phenoxy) is 1. The topological polar surface area (TPSA) is 68.6 Å². The Labute approximate surface area is 153 Å². The Morgan fingerprint density at radius 3 is 2.46 bits per heavy atom. The van der Waals surface area contributed by atoms with Gasteiger partial charge in [0.2, 0.25) is 0 Å². The van der Waals surface area contributed by atoms with E-state index in [1.165, 1.54) is 0 Å². The molecule has 3 rings (SSSR count). The number of rotatable bonds is 4. The van der Waals surface area contributed by atoms with Gasteiger partial charge in [-0.3, -0.25) is 0 Å². The van der Waals surface area contributed by atoms with E-state index < -0.39 is 0 Å². The van der Waals surface area contributed by atoms with Crippen molar-refractivity contribution in [3.05, 3.63) is 59.7 Å². The predicted molar refractivity (Wildman–Crippen MR) is 100 cm³/mol. The molecule has 1 aliphatic heterocycles. The van der Waals surface area contributed by atoms with Crippen molar-refractivity contribution in [3.63, 3.8) is 0 Å². The standard InChI is InChI=1S/C20H22N4O2/c1-26-19-5-3-2-4-18(19)23-10-12-24(13-11-23)20(25)22-15-17-8-6-16(14-21)7-9-17/h2-9H,10-13,15H2,1H3,(H,22,25). The highest BCUT2D eigenvalue weighted by atomic mass is 16.5. The number of nitriles is 1. The van der Waals surface area contributed by atoms with Crippen LogP contribution in [-0.2, 0) is 6.54 Å². The summed E-state index contributed by atoms with van der Waals surface area (Å²) in [4.78, 5) is 16.4. The number of nitrogens with one attached hydrogen (secondary N) is 1. The third-order valence-electron chi connectivity index (χ3n) is 4.52. The fourth-order valence-electron chi connectivity index (χ4n) is 3.03. The van der Waals surface area contributed by atoms with E-state index in [1.807, 2.05) is 41.3 Å². The number of benzene rings is 2. The summed E-state index contributed by atoms with van der Waals surface area (Å²) in [5.74, 6) is 0.853. The summed E-state index contributed by atoms with van der Waals surface area (Å²) < 4.78 is 5.42. The highest BCUT2D eigenvalue weighted by Gasteiger charge is 2.22. The summed E-state index contributed by atoms with van der Waals surface area (Å²) in [6, 6.07) is 17.2. The van der Waals surface area contributed by atoms with Crippen LogP contribution < -0.4 is 15.0 Å². The van der Waals surface area contributed by atoms with Gasteiger partial charge in [-0.2, -0.15) is 5.26 Å². The van der Waals surface area contributed by atoms with Crippen LogP contribution in [0.25, 0.3) is 0 Å². The first kappa shape index (κ1) is 17.6. The number of hydrogen-bond donors (Lipinski definition) is 1. The van der Waals surface area contributed by atoms with Gasteiger partial charge in [-0.1, -0.05) is 24.3 Å². The maximum atomic E-state index is 12.4. The maximum absolute atomic E-state index is 12.4. The molecular formula is C20H22N4O2. The quantitative estimate of drug-likeness (QED) is 0.920. The fourth-order valence-corrected chi connectivity index (χ4v) is 3.03. The number of methoxy groups -OCH3 is 1. The summed E-state index contributed by atoms with van der Waals surface area (Å²) in [5, 5.41) is 11.8. The van der Waals surface area contributed by atoms with Gasteiger partial charge in [-0.25, -0.2) is 4.79 Å². The highest BCUT2D eigenvalue weighted by Crippen LogP contribution is 2.28. The van der Waals surface area contributed by atoms with Crippen LogP contribution in [0.1, 0.15) is 11.1 Å². The molecule has 2 amide bonds. The molecule has 0 radical (unpaired) electrons. The lowest BCUT2D eigenvalue weighted by Crippen LogP contribution is -2.51. The molecule has 1 aliphatic rings. The molecule has 1 N–H and O–H groups in total. The zero-order valence-corrected chi connectivity index (χ0v) is 14.8. The number of carbonyl (C=O) groups is 1. The lowest BCUT2D eigenvalue weighted by molar-refractivity contribution is 0.194. The first-order valence-corrected chi connectivity index (χ1v) is 8.61. The zero-order valence-electron chi connectivity index (χ0n) is 14.8. The molecule has 0 bridgehead atoms. The van der Waals surface area contributed by atoms with Gasteiger partial charge in [0.25, 0.3) is 0 Å². The van der Waals surface area contributed by atoms with Gasteiger partial charge >= 0.3 is 6.03 Å². The number of para-hydroxylation sites is 2. The largest absolute Gasteiger partial charge is 0.495 e. The fraction of sp³-hybridized carbons (Fsp3) is 0.300. The van der Waals surface area contributed by atoms with Gasteiger partial charge in [-0.15, -0.1) is 0 Å². The molecule has 0 unspecified atom stereocenters. The number of hydrogen-bond acceptors (Lipinski definition) is 4. The molecule has 6 nitrogen and oxygen atoms in total. The minimum atomic E-state index is -0.0611. The summed E-state index contributed by atoms with van der Waals surface area (Å²) in [7, 11) is 1.67. The van der Waals surface area contributed by atoms with E-state index >= 15 is 0 Å². The van der Waals surface area contributed by atoms with Gasteiger partial charge in [0.15, 0.2) is 0 Å². The van der Waals surface area contributed by atoms with Crippen molar-refractivity contribution in [1.29, 1.82) is 5.26 Å². The molecule has 134 valence electrons. The van der Waals surface area contributed by atoms with Crippen molar-refractivity contribution in [1.82, 2.24) is 10.2 Å². The summed E-state index contributed by atoms with van der Waals surface area (Å²) in [6.45, 7) is 3.32. The molecule has 0 atom stereocenters. The van der Waals surface area contributed by atoms with Crippen molar-refractivity contribution in [2.45, 2.75) is 6.54 Å². The molecule has 0 spiro atoms. The molecular weight excluding hydrogens is 328 g/mol. The molecule has 6 heteroatoms. The van der Waals surface area contributed by atoms with Gasteiger partial charge < -0.3 is 19.9 Å². The van der Waals surface area contributed by atoms with Crippen molar-refractivity contribution in [3.8, 4) is 11.8 Å². The Kier molecular flexibility index (Phi) is 5.59. The first-order valence-electron chi connectivity index (χ1n) is 8.61. The molecule has 0 saturated carbocycles. The van der Waals surface area contributed by atoms with Gasteiger partial charge in [0.05, 0.1) is 24.4 Å². The maximum Gasteiger partial charge on any atom is 0.317 e. The minimum absolute atomic E-state index is 0.0611. The van der Waals surface area contributed by atoms with Gasteiger partial charge in [0, 0.05) is 32.7 Å². The smallest absolute Gasteiger partial charge is 0.317 e. The number of carbonyl (C=O) groups excluding carboxylic acids is 1. The molecule has 1 fully saturated rings. The predicted octanol–water partition coefficient (Wildman–Crippen LogP) is 2.60. The van der Waals surface area contributed by atoms with E-state index in [0.29, 0.717) is 25.2 Å². The minimum Gasteiger partial charge on any atom is -0.495 e. The molecule has 26 heavy (non-hydrogen) atoms. The van der Waals surface area contributed by atoms with Gasteiger partial charge in [-0.05, 0) is 29.8 Å². The molecule has 0 aromatic heterocycles. The van der Waals surface area contributed by atoms with E-state index in [9.17, 15) is 4.79 Å². The molecule has 2 aromatic rings. The Balaban J connectivity index is 1.51. The third-order valence-corrected chi connectivity index (χ3v) is 4.52. The lowest BCUT2D eigenvalue weighted by atomic mass is 10.1. The van der Waals surface area contributed by atoms with Crippen LogP contribution in [0.4, 0.5) is 10.5 Å². The van der Waals surface area contributed by atoms with E-state index in [1.54, 1.807) is 19.2 Å². The molecule has 2 aromatic carbocycles. The van der Waals surface area contributed by atoms with E-state index in [0.717, 1.165) is 30.1 Å². The monoisotopic (exact) mass is 350 g/mol. The lowest BCUT2D eigenvalue weighted by Gasteiger charge is -2.36. The van der Waals surface area contributed by atoms with Gasteiger partial charge in [0.1, 0.15) is 5.75 Å². The second-order valence-corrected chi connectivity index (χ2v) is 6.11. The second-order valence-electron chi connectivity index (χ2n) is 6.11. The Bertz CT molecular complexity index is 790. The number of nitrogens with zero attached hydrogens (tertiary/aromatic N) is 3. The number of urea groups is 1. The highest BCUT2D eigenvalue weighted by molar-refractivity contribution is 5.74. The second kappa shape index (κ2) is 8.26. The van der Waals surface area contributed by atoms with Crippen LogP contribution in [0.2, 0.25) is 0 Å². The summed E-state index contributed by atoms with van der Waals surface area (Å²) in [5.41, 5.74) is 2.66. The van der Waals surface area contributed by atoms with E-state index in [4.69, 9.17) is 10.00 Å². The zero-order chi connectivity index (χ0) is 18.4. The Hall–Kier alpha value is -3.20. The third kappa shape index (κ3) is 4.06. The molecule has 1 heterocycles. The number of anilines is 1. The average Bonchev–Trinajstić information content (AvgIpc) is 2.72. The number of piperazine rings is 1. The van der Waals surface area contributed by atoms with Crippen molar-refractivity contribution < 1.29 is 9.53 Å². The summed E-state index contributed by atoms with van der Waals surface area (Å²) in [6.07, 6.45) is 0. The average molecular weight is 350 g/mol. The van der Waals surface area contributed by atoms with Crippen LogP contribution in [0.3, 0.4) is 0 Å². The van der Waals surface area contributed by atoms with Crippen molar-refractivity contribution in [2.75, 3.05) is 38.2 Å². The number of amides is 2. The first-order chi connectivity index (χ1) is 12.7. The van der Waals surface area contributed by atoms with Crippen LogP contribution in [0.5, 0.6) is 5.75 Å². The van der Waals surface area contributed by atoms with E-state index in [2.05, 4.69) is 16.3 Å². The SMILES string of the molecule is COc1ccccc1N1CCN(C(=O)NCc2ccc(C#N)cc2)CC1. The van der Waals surface area contributed by atoms with Crippen LogP contribution in [0, 0.1) is 11.3 Å². The van der Waals surface area contributed by atoms with Crippen LogP contribution >= 0.6 is 0 Å². The van der Waals surface area contributed by atoms with Crippen molar-refractivity contribution in [2.24, 2.45) is 0 Å². The van der Waals surface area contributed by atoms with Crippen LogP contribution in [0.15, 0.2) is 48.5 Å².